The van der Waals surface area contributed by atoms with E-state index in [0.717, 1.165) is 18.7 Å². The van der Waals surface area contributed by atoms with Crippen LogP contribution in [-0.2, 0) is 4.74 Å². The summed E-state index contributed by atoms with van der Waals surface area (Å²) in [5.74, 6) is 1.36. The zero-order chi connectivity index (χ0) is 14.8. The van der Waals surface area contributed by atoms with Crippen LogP contribution in [0.25, 0.3) is 0 Å². The molecule has 0 radical (unpaired) electrons. The number of fused-ring (bicyclic) bond motifs is 1. The third-order valence-electron chi connectivity index (χ3n) is 4.48. The summed E-state index contributed by atoms with van der Waals surface area (Å²) < 4.78 is 16.4. The molecule has 0 saturated carbocycles. The number of rotatable bonds is 4. The number of benzene rings is 1. The molecule has 0 amide bonds. The minimum Gasteiger partial charge on any atom is -0.497 e. The van der Waals surface area contributed by atoms with Crippen LogP contribution in [0.3, 0.4) is 0 Å². The van der Waals surface area contributed by atoms with Gasteiger partial charge in [-0.25, -0.2) is 0 Å². The summed E-state index contributed by atoms with van der Waals surface area (Å²) in [5, 5.41) is 10.6. The Balaban J connectivity index is 1.76. The molecule has 1 aromatic rings. The van der Waals surface area contributed by atoms with Gasteiger partial charge >= 0.3 is 0 Å². The number of methoxy groups -OCH3 is 2. The highest BCUT2D eigenvalue weighted by Crippen LogP contribution is 2.32. The van der Waals surface area contributed by atoms with Crippen LogP contribution in [0.1, 0.15) is 24.5 Å². The number of aliphatic hydroxyl groups excluding tert-OH is 1. The maximum Gasteiger partial charge on any atom is 0.122 e. The second-order valence-corrected chi connectivity index (χ2v) is 5.75. The number of hydrogen-bond donors (Lipinski definition) is 1. The lowest BCUT2D eigenvalue weighted by Crippen LogP contribution is -2.48. The molecule has 5 nitrogen and oxygen atoms in total. The molecule has 116 valence electrons. The number of hydrogen-bond acceptors (Lipinski definition) is 5. The van der Waals surface area contributed by atoms with Crippen LogP contribution in [0, 0.1) is 0 Å². The molecular formula is C16H23NO4. The topological polar surface area (TPSA) is 51.2 Å². The molecule has 0 aromatic heterocycles. The largest absolute Gasteiger partial charge is 0.497 e. The van der Waals surface area contributed by atoms with E-state index in [4.69, 9.17) is 14.2 Å². The Morgan fingerprint density at radius 1 is 1.24 bits per heavy atom. The highest BCUT2D eigenvalue weighted by atomic mass is 16.5. The highest BCUT2D eigenvalue weighted by molar-refractivity contribution is 5.39. The van der Waals surface area contributed by atoms with Gasteiger partial charge in [-0.3, -0.25) is 4.90 Å². The normalized spacial score (nSPS) is 27.2. The van der Waals surface area contributed by atoms with Gasteiger partial charge < -0.3 is 19.3 Å². The van der Waals surface area contributed by atoms with E-state index in [1.165, 1.54) is 12.8 Å². The molecular weight excluding hydrogens is 270 g/mol. The minimum atomic E-state index is -0.671. The quantitative estimate of drug-likeness (QED) is 0.914. The fraction of sp³-hybridized carbons (Fsp3) is 0.625. The summed E-state index contributed by atoms with van der Waals surface area (Å²) in [5.41, 5.74) is 0.772. The molecule has 2 saturated heterocycles. The first-order chi connectivity index (χ1) is 10.2. The number of nitrogens with zero attached hydrogens (tertiary/aromatic N) is 1. The monoisotopic (exact) mass is 293 g/mol. The van der Waals surface area contributed by atoms with Gasteiger partial charge in [-0.1, -0.05) is 0 Å². The summed E-state index contributed by atoms with van der Waals surface area (Å²) in [6.07, 6.45) is 1.56. The van der Waals surface area contributed by atoms with E-state index in [1.807, 2.05) is 12.1 Å². The van der Waals surface area contributed by atoms with Crippen molar-refractivity contribution in [3.8, 4) is 11.5 Å². The Morgan fingerprint density at radius 3 is 2.62 bits per heavy atom. The van der Waals surface area contributed by atoms with Crippen LogP contribution in [0.4, 0.5) is 0 Å². The third-order valence-corrected chi connectivity index (χ3v) is 4.48. The van der Waals surface area contributed by atoms with Crippen LogP contribution in [0.15, 0.2) is 18.2 Å². The van der Waals surface area contributed by atoms with E-state index in [-0.39, 0.29) is 6.10 Å². The van der Waals surface area contributed by atoms with Crippen LogP contribution >= 0.6 is 0 Å². The van der Waals surface area contributed by atoms with Crippen LogP contribution in [0.2, 0.25) is 0 Å². The predicted octanol–water partition coefficient (Wildman–Crippen LogP) is 1.60. The molecule has 1 N–H and O–H groups in total. The number of aliphatic hydroxyl groups is 1. The zero-order valence-corrected chi connectivity index (χ0v) is 12.6. The molecule has 3 unspecified atom stereocenters. The maximum atomic E-state index is 10.6. The molecule has 2 heterocycles. The van der Waals surface area contributed by atoms with Crippen molar-refractivity contribution in [2.24, 2.45) is 0 Å². The van der Waals surface area contributed by atoms with Crippen LogP contribution in [-0.4, -0.2) is 56.1 Å². The first-order valence-electron chi connectivity index (χ1n) is 7.48. The fourth-order valence-corrected chi connectivity index (χ4v) is 3.25. The summed E-state index contributed by atoms with van der Waals surface area (Å²) in [7, 11) is 3.22. The molecule has 5 heteroatoms. The first kappa shape index (κ1) is 14.6. The summed E-state index contributed by atoms with van der Waals surface area (Å²) in [6, 6.07) is 6.02. The molecule has 0 aliphatic carbocycles. The zero-order valence-electron chi connectivity index (χ0n) is 12.6. The predicted molar refractivity (Wildman–Crippen MR) is 78.8 cm³/mol. The molecule has 1 aromatic carbocycles. The van der Waals surface area contributed by atoms with Crippen molar-refractivity contribution < 1.29 is 19.3 Å². The second-order valence-electron chi connectivity index (χ2n) is 5.75. The van der Waals surface area contributed by atoms with Gasteiger partial charge in [0.2, 0.25) is 0 Å². The van der Waals surface area contributed by atoms with Crippen molar-refractivity contribution in [2.45, 2.75) is 31.1 Å². The molecule has 3 rings (SSSR count). The van der Waals surface area contributed by atoms with Gasteiger partial charge in [0, 0.05) is 18.7 Å². The van der Waals surface area contributed by atoms with Gasteiger partial charge in [0.25, 0.3) is 0 Å². The minimum absolute atomic E-state index is 0.198. The average molecular weight is 293 g/mol. The van der Waals surface area contributed by atoms with E-state index in [2.05, 4.69) is 4.90 Å². The van der Waals surface area contributed by atoms with E-state index < -0.39 is 6.10 Å². The first-order valence-corrected chi connectivity index (χ1v) is 7.48. The van der Waals surface area contributed by atoms with Crippen molar-refractivity contribution in [1.82, 2.24) is 4.90 Å². The Bertz CT molecular complexity index is 471. The Labute approximate surface area is 125 Å². The van der Waals surface area contributed by atoms with Crippen LogP contribution in [0.5, 0.6) is 11.5 Å². The molecule has 2 fully saturated rings. The van der Waals surface area contributed by atoms with Crippen molar-refractivity contribution >= 4 is 0 Å². The Kier molecular flexibility index (Phi) is 4.33. The molecule has 21 heavy (non-hydrogen) atoms. The van der Waals surface area contributed by atoms with Gasteiger partial charge in [-0.15, -0.1) is 0 Å². The smallest absolute Gasteiger partial charge is 0.122 e. The molecule has 0 bridgehead atoms. The molecule has 3 atom stereocenters. The van der Waals surface area contributed by atoms with Gasteiger partial charge in [-0.2, -0.15) is 0 Å². The number of ether oxygens (including phenoxy) is 3. The molecule has 2 aliphatic heterocycles. The van der Waals surface area contributed by atoms with Crippen molar-refractivity contribution in [1.29, 1.82) is 0 Å². The Morgan fingerprint density at radius 2 is 1.95 bits per heavy atom. The SMILES string of the molecule is COc1cc(OC)cc(C(O)C2CN3CCCC3CO2)c1. The van der Waals surface area contributed by atoms with Gasteiger partial charge in [0.05, 0.1) is 20.8 Å². The van der Waals surface area contributed by atoms with Gasteiger partial charge in [0.15, 0.2) is 0 Å². The van der Waals surface area contributed by atoms with Crippen LogP contribution < -0.4 is 9.47 Å². The highest BCUT2D eigenvalue weighted by Gasteiger charge is 2.35. The number of morpholine rings is 1. The maximum absolute atomic E-state index is 10.6. The lowest BCUT2D eigenvalue weighted by atomic mass is 10.0. The van der Waals surface area contributed by atoms with Crippen molar-refractivity contribution in [3.05, 3.63) is 23.8 Å². The lowest BCUT2D eigenvalue weighted by Gasteiger charge is -2.37. The summed E-state index contributed by atoms with van der Waals surface area (Å²) >= 11 is 0. The summed E-state index contributed by atoms with van der Waals surface area (Å²) in [6.45, 7) is 2.60. The van der Waals surface area contributed by atoms with E-state index in [0.29, 0.717) is 24.1 Å². The Hall–Kier alpha value is -1.30. The molecule has 2 aliphatic rings. The van der Waals surface area contributed by atoms with Crippen molar-refractivity contribution in [3.63, 3.8) is 0 Å². The van der Waals surface area contributed by atoms with E-state index in [1.54, 1.807) is 20.3 Å². The fourth-order valence-electron chi connectivity index (χ4n) is 3.25. The van der Waals surface area contributed by atoms with E-state index in [9.17, 15) is 5.11 Å². The average Bonchev–Trinajstić information content (AvgIpc) is 3.01. The summed E-state index contributed by atoms with van der Waals surface area (Å²) in [4.78, 5) is 2.43. The third kappa shape index (κ3) is 3.00. The molecule has 0 spiro atoms. The lowest BCUT2D eigenvalue weighted by molar-refractivity contribution is -0.103. The second kappa shape index (κ2) is 6.22. The van der Waals surface area contributed by atoms with Gasteiger partial charge in [0.1, 0.15) is 23.7 Å². The van der Waals surface area contributed by atoms with E-state index >= 15 is 0 Å². The standard InChI is InChI=1S/C16H23NO4/c1-19-13-6-11(7-14(8-13)20-2)16(18)15-9-17-5-3-4-12(17)10-21-15/h6-8,12,15-16,18H,3-5,9-10H2,1-2H3. The van der Waals surface area contributed by atoms with Gasteiger partial charge in [-0.05, 0) is 37.1 Å². The van der Waals surface area contributed by atoms with Crippen molar-refractivity contribution in [2.75, 3.05) is 33.9 Å².